The third-order valence-corrected chi connectivity index (χ3v) is 4.71. The second-order valence-electron chi connectivity index (χ2n) is 6.73. The Bertz CT molecular complexity index is 933. The maximum atomic E-state index is 12.2. The Morgan fingerprint density at radius 1 is 1.11 bits per heavy atom. The Morgan fingerprint density at radius 3 is 2.57 bits per heavy atom. The molecule has 3 amide bonds. The van der Waals surface area contributed by atoms with Crippen molar-refractivity contribution in [1.82, 2.24) is 10.6 Å². The van der Waals surface area contributed by atoms with Crippen molar-refractivity contribution in [2.45, 2.75) is 25.8 Å². The van der Waals surface area contributed by atoms with Crippen molar-refractivity contribution in [2.75, 3.05) is 12.4 Å². The van der Waals surface area contributed by atoms with E-state index >= 15 is 0 Å². The van der Waals surface area contributed by atoms with Crippen molar-refractivity contribution in [1.29, 1.82) is 0 Å². The molecule has 1 aliphatic rings. The number of hydrogen-bond donors (Lipinski definition) is 3. The van der Waals surface area contributed by atoms with Crippen molar-refractivity contribution >= 4 is 29.5 Å². The first kappa shape index (κ1) is 19.4. The van der Waals surface area contributed by atoms with Gasteiger partial charge < -0.3 is 16.0 Å². The summed E-state index contributed by atoms with van der Waals surface area (Å²) in [6.45, 7) is 1.92. The minimum Gasteiger partial charge on any atom is -0.355 e. The fourth-order valence-electron chi connectivity index (χ4n) is 3.08. The molecule has 0 saturated carbocycles. The molecule has 3 N–H and O–H groups in total. The Kier molecular flexibility index (Phi) is 5.89. The van der Waals surface area contributed by atoms with Gasteiger partial charge in [0, 0.05) is 30.8 Å². The molecule has 0 fully saturated rings. The lowest BCUT2D eigenvalue weighted by molar-refractivity contribution is -0.117. The van der Waals surface area contributed by atoms with Crippen molar-refractivity contribution in [3.63, 3.8) is 0 Å². The highest BCUT2D eigenvalue weighted by molar-refractivity contribution is 5.95. The van der Waals surface area contributed by atoms with E-state index < -0.39 is 0 Å². The van der Waals surface area contributed by atoms with Crippen LogP contribution in [-0.2, 0) is 16.0 Å². The van der Waals surface area contributed by atoms with Gasteiger partial charge in [0.25, 0.3) is 5.91 Å². The van der Waals surface area contributed by atoms with E-state index in [1.807, 2.05) is 25.1 Å². The largest absolute Gasteiger partial charge is 0.355 e. The molecule has 6 heteroatoms. The number of amides is 3. The summed E-state index contributed by atoms with van der Waals surface area (Å²) in [4.78, 5) is 35.2. The molecule has 1 unspecified atom stereocenters. The Morgan fingerprint density at radius 2 is 1.86 bits per heavy atom. The van der Waals surface area contributed by atoms with Crippen LogP contribution in [0.15, 0.2) is 48.5 Å². The van der Waals surface area contributed by atoms with Crippen LogP contribution in [-0.4, -0.2) is 24.8 Å². The Balaban J connectivity index is 1.60. The molecule has 0 aliphatic carbocycles. The van der Waals surface area contributed by atoms with E-state index in [1.165, 1.54) is 6.08 Å². The summed E-state index contributed by atoms with van der Waals surface area (Å²) in [5.74, 6) is -0.310. The lowest BCUT2D eigenvalue weighted by Gasteiger charge is -2.20. The number of fused-ring (bicyclic) bond motifs is 1. The molecular weight excluding hydrogens is 354 g/mol. The number of nitrogens with one attached hydrogen (secondary N) is 3. The molecule has 144 valence electrons. The molecule has 2 aromatic carbocycles. The highest BCUT2D eigenvalue weighted by atomic mass is 16.2. The first-order chi connectivity index (χ1) is 13.5. The number of hydrogen-bond acceptors (Lipinski definition) is 3. The van der Waals surface area contributed by atoms with Gasteiger partial charge in [0.15, 0.2) is 0 Å². The van der Waals surface area contributed by atoms with Crippen LogP contribution in [0.5, 0.6) is 0 Å². The number of carbonyl (C=O) groups excluding carboxylic acids is 3. The van der Waals surface area contributed by atoms with Gasteiger partial charge in [-0.25, -0.2) is 0 Å². The summed E-state index contributed by atoms with van der Waals surface area (Å²) in [6.07, 6.45) is 4.38. The van der Waals surface area contributed by atoms with Crippen LogP contribution in [0.1, 0.15) is 46.4 Å². The van der Waals surface area contributed by atoms with Crippen LogP contribution in [0.3, 0.4) is 0 Å². The standard InChI is InChI=1S/C22H23N3O3/c1-14(17-8-10-19-18(13-17)9-12-21(27)25-19)24-20(26)11-5-15-3-6-16(7-4-15)22(28)23-2/h3-8,10-11,13-14H,9,12H2,1-2H3,(H,23,28)(H,24,26)(H,25,27)/b11-5+. The van der Waals surface area contributed by atoms with Gasteiger partial charge >= 0.3 is 0 Å². The number of benzene rings is 2. The smallest absolute Gasteiger partial charge is 0.251 e. The monoisotopic (exact) mass is 377 g/mol. The minimum absolute atomic E-state index is 0.0371. The highest BCUT2D eigenvalue weighted by Gasteiger charge is 2.16. The van der Waals surface area contributed by atoms with Crippen LogP contribution in [0.4, 0.5) is 5.69 Å². The number of aryl methyl sites for hydroxylation is 1. The van der Waals surface area contributed by atoms with Crippen molar-refractivity contribution < 1.29 is 14.4 Å². The lowest BCUT2D eigenvalue weighted by atomic mass is 9.98. The van der Waals surface area contributed by atoms with E-state index in [1.54, 1.807) is 37.4 Å². The number of rotatable bonds is 5. The van der Waals surface area contributed by atoms with E-state index in [0.717, 1.165) is 22.4 Å². The zero-order valence-electron chi connectivity index (χ0n) is 15.9. The second-order valence-corrected chi connectivity index (χ2v) is 6.73. The highest BCUT2D eigenvalue weighted by Crippen LogP contribution is 2.26. The molecule has 0 spiro atoms. The maximum absolute atomic E-state index is 12.2. The average molecular weight is 377 g/mol. The SMILES string of the molecule is CNC(=O)c1ccc(/C=C/C(=O)NC(C)c2ccc3c(c2)CCC(=O)N3)cc1. The van der Waals surface area contributed by atoms with Crippen LogP contribution in [0.25, 0.3) is 6.08 Å². The van der Waals surface area contributed by atoms with E-state index in [9.17, 15) is 14.4 Å². The minimum atomic E-state index is -0.200. The molecule has 2 aromatic rings. The molecule has 1 heterocycles. The zero-order chi connectivity index (χ0) is 20.1. The van der Waals surface area contributed by atoms with E-state index in [2.05, 4.69) is 16.0 Å². The molecule has 0 saturated heterocycles. The van der Waals surface area contributed by atoms with Crippen LogP contribution >= 0.6 is 0 Å². The topological polar surface area (TPSA) is 87.3 Å². The third-order valence-electron chi connectivity index (χ3n) is 4.71. The van der Waals surface area contributed by atoms with E-state index in [-0.39, 0.29) is 23.8 Å². The number of carbonyl (C=O) groups is 3. The lowest BCUT2D eigenvalue weighted by Crippen LogP contribution is -2.25. The molecule has 3 rings (SSSR count). The molecule has 0 radical (unpaired) electrons. The fourth-order valence-corrected chi connectivity index (χ4v) is 3.08. The molecule has 28 heavy (non-hydrogen) atoms. The van der Waals surface area contributed by atoms with Gasteiger partial charge in [-0.05, 0) is 54.3 Å². The summed E-state index contributed by atoms with van der Waals surface area (Å²) < 4.78 is 0. The average Bonchev–Trinajstić information content (AvgIpc) is 2.71. The molecule has 1 aliphatic heterocycles. The van der Waals surface area contributed by atoms with E-state index in [4.69, 9.17) is 0 Å². The van der Waals surface area contributed by atoms with Gasteiger partial charge in [-0.1, -0.05) is 24.3 Å². The quantitative estimate of drug-likeness (QED) is 0.700. The summed E-state index contributed by atoms with van der Waals surface area (Å²) in [6, 6.07) is 12.7. The van der Waals surface area contributed by atoms with Gasteiger partial charge in [0.2, 0.25) is 11.8 Å². The molecule has 0 bridgehead atoms. The van der Waals surface area contributed by atoms with Gasteiger partial charge in [-0.3, -0.25) is 14.4 Å². The Hall–Kier alpha value is -3.41. The van der Waals surface area contributed by atoms with Crippen molar-refractivity contribution in [3.05, 3.63) is 70.8 Å². The predicted octanol–water partition coefficient (Wildman–Crippen LogP) is 2.82. The molecule has 1 atom stereocenters. The molecular formula is C22H23N3O3. The third kappa shape index (κ3) is 4.65. The molecule has 0 aromatic heterocycles. The van der Waals surface area contributed by atoms with Crippen LogP contribution < -0.4 is 16.0 Å². The first-order valence-corrected chi connectivity index (χ1v) is 9.19. The fraction of sp³-hybridized carbons (Fsp3) is 0.227. The first-order valence-electron chi connectivity index (χ1n) is 9.19. The summed E-state index contributed by atoms with van der Waals surface area (Å²) >= 11 is 0. The van der Waals surface area contributed by atoms with E-state index in [0.29, 0.717) is 18.4 Å². The second kappa shape index (κ2) is 8.52. The maximum Gasteiger partial charge on any atom is 0.251 e. The van der Waals surface area contributed by atoms with Crippen molar-refractivity contribution in [2.24, 2.45) is 0 Å². The number of anilines is 1. The van der Waals surface area contributed by atoms with Gasteiger partial charge in [0.1, 0.15) is 0 Å². The van der Waals surface area contributed by atoms with Crippen molar-refractivity contribution in [3.8, 4) is 0 Å². The summed E-state index contributed by atoms with van der Waals surface area (Å²) in [7, 11) is 1.58. The van der Waals surface area contributed by atoms with Gasteiger partial charge in [-0.15, -0.1) is 0 Å². The summed E-state index contributed by atoms with van der Waals surface area (Å²) in [5.41, 5.74) is 4.33. The zero-order valence-corrected chi connectivity index (χ0v) is 15.9. The normalized spacial score (nSPS) is 14.1. The predicted molar refractivity (Wildman–Crippen MR) is 109 cm³/mol. The van der Waals surface area contributed by atoms with Crippen LogP contribution in [0, 0.1) is 0 Å². The van der Waals surface area contributed by atoms with Crippen LogP contribution in [0.2, 0.25) is 0 Å². The Labute approximate surface area is 164 Å². The summed E-state index contributed by atoms with van der Waals surface area (Å²) in [5, 5.41) is 8.37. The van der Waals surface area contributed by atoms with Gasteiger partial charge in [0.05, 0.1) is 6.04 Å². The van der Waals surface area contributed by atoms with Gasteiger partial charge in [-0.2, -0.15) is 0 Å². The molecule has 6 nitrogen and oxygen atoms in total.